The number of nitrogens with zero attached hydrogens (tertiary/aromatic N) is 4. The highest BCUT2D eigenvalue weighted by molar-refractivity contribution is 5.96. The van der Waals surface area contributed by atoms with E-state index in [1.54, 1.807) is 24.3 Å². The molecule has 0 saturated carbocycles. The van der Waals surface area contributed by atoms with Gasteiger partial charge in [0.05, 0.1) is 12.2 Å². The van der Waals surface area contributed by atoms with Crippen molar-refractivity contribution in [2.24, 2.45) is 0 Å². The van der Waals surface area contributed by atoms with Crippen molar-refractivity contribution in [2.75, 3.05) is 18.4 Å². The molecule has 1 unspecified atom stereocenters. The first-order valence-corrected chi connectivity index (χ1v) is 6.37. The fraction of sp³-hybridized carbons (Fsp3) is 0.250. The third-order valence-electron chi connectivity index (χ3n) is 3.08. The highest BCUT2D eigenvalue weighted by Gasteiger charge is 2.23. The van der Waals surface area contributed by atoms with Crippen LogP contribution in [0, 0.1) is 0 Å². The first-order chi connectivity index (χ1) is 10.2. The molecule has 0 radical (unpaired) electrons. The monoisotopic (exact) mass is 287 g/mol. The number of rotatable bonds is 3. The van der Waals surface area contributed by atoms with Gasteiger partial charge >= 0.3 is 0 Å². The first kappa shape index (κ1) is 13.2. The fourth-order valence-electron chi connectivity index (χ4n) is 1.96. The van der Waals surface area contributed by atoms with E-state index in [-0.39, 0.29) is 24.9 Å². The van der Waals surface area contributed by atoms with Crippen molar-refractivity contribution in [3.8, 4) is 5.69 Å². The molecular formula is C12H13N7O2. The highest BCUT2D eigenvalue weighted by Crippen LogP contribution is 2.12. The maximum Gasteiger partial charge on any atom is 0.243 e. The predicted molar refractivity (Wildman–Crippen MR) is 72.6 cm³/mol. The van der Waals surface area contributed by atoms with Gasteiger partial charge < -0.3 is 10.6 Å². The third-order valence-corrected chi connectivity index (χ3v) is 3.08. The van der Waals surface area contributed by atoms with E-state index in [2.05, 4.69) is 31.5 Å². The van der Waals surface area contributed by atoms with Crippen LogP contribution in [0.2, 0.25) is 0 Å². The summed E-state index contributed by atoms with van der Waals surface area (Å²) in [5, 5.41) is 19.2. The Bertz CT molecular complexity index is 628. The summed E-state index contributed by atoms with van der Waals surface area (Å²) in [6.07, 6.45) is 1.49. The van der Waals surface area contributed by atoms with Gasteiger partial charge in [-0.3, -0.25) is 14.9 Å². The standard InChI is InChI=1S/C12H13N7O2/c20-11-6-13-10(5-14-11)12(21)16-8-1-3-9(4-2-8)19-7-15-17-18-19/h1-4,7,10,13H,5-6H2,(H,14,20)(H,16,21). The van der Waals surface area contributed by atoms with Crippen molar-refractivity contribution in [1.29, 1.82) is 0 Å². The molecule has 0 bridgehead atoms. The van der Waals surface area contributed by atoms with Crippen LogP contribution in [0.3, 0.4) is 0 Å². The average molecular weight is 287 g/mol. The summed E-state index contributed by atoms with van der Waals surface area (Å²) in [7, 11) is 0. The second-order valence-corrected chi connectivity index (χ2v) is 4.53. The largest absolute Gasteiger partial charge is 0.353 e. The number of tetrazole rings is 1. The SMILES string of the molecule is O=C1CNC(C(=O)Nc2ccc(-n3cnnn3)cc2)CN1. The summed E-state index contributed by atoms with van der Waals surface area (Å²) in [6.45, 7) is 0.434. The molecule has 0 spiro atoms. The molecule has 1 fully saturated rings. The van der Waals surface area contributed by atoms with E-state index in [1.165, 1.54) is 11.0 Å². The molecule has 0 aliphatic carbocycles. The zero-order valence-electron chi connectivity index (χ0n) is 11.0. The molecule has 1 saturated heterocycles. The Morgan fingerprint density at radius 3 is 2.76 bits per heavy atom. The van der Waals surface area contributed by atoms with Gasteiger partial charge in [-0.2, -0.15) is 0 Å². The van der Waals surface area contributed by atoms with Crippen LogP contribution in [0.5, 0.6) is 0 Å². The summed E-state index contributed by atoms with van der Waals surface area (Å²) >= 11 is 0. The molecule has 108 valence electrons. The van der Waals surface area contributed by atoms with Crippen LogP contribution < -0.4 is 16.0 Å². The Balaban J connectivity index is 1.62. The van der Waals surface area contributed by atoms with E-state index in [0.717, 1.165) is 5.69 Å². The number of hydrogen-bond acceptors (Lipinski definition) is 6. The van der Waals surface area contributed by atoms with Crippen LogP contribution in [0.25, 0.3) is 5.69 Å². The Kier molecular flexibility index (Phi) is 3.56. The van der Waals surface area contributed by atoms with Crippen LogP contribution >= 0.6 is 0 Å². The van der Waals surface area contributed by atoms with Gasteiger partial charge in [0.2, 0.25) is 11.8 Å². The molecule has 1 aliphatic heterocycles. The Morgan fingerprint density at radius 2 is 2.14 bits per heavy atom. The lowest BCUT2D eigenvalue weighted by Crippen LogP contribution is -2.56. The van der Waals surface area contributed by atoms with Gasteiger partial charge in [-0.25, -0.2) is 4.68 Å². The lowest BCUT2D eigenvalue weighted by molar-refractivity contribution is -0.124. The summed E-state index contributed by atoms with van der Waals surface area (Å²) in [4.78, 5) is 23.0. The minimum absolute atomic E-state index is 0.107. The molecule has 3 rings (SSSR count). The Morgan fingerprint density at radius 1 is 1.33 bits per heavy atom. The second kappa shape index (κ2) is 5.67. The Labute approximate surface area is 119 Å². The molecule has 1 atom stereocenters. The lowest BCUT2D eigenvalue weighted by atomic mass is 10.2. The topological polar surface area (TPSA) is 114 Å². The summed E-state index contributed by atoms with van der Waals surface area (Å²) < 4.78 is 1.52. The lowest BCUT2D eigenvalue weighted by Gasteiger charge is -2.23. The number of nitrogens with one attached hydrogen (secondary N) is 3. The minimum atomic E-state index is -0.429. The van der Waals surface area contributed by atoms with Gasteiger partial charge in [-0.05, 0) is 34.7 Å². The zero-order chi connectivity index (χ0) is 14.7. The smallest absolute Gasteiger partial charge is 0.243 e. The normalized spacial score (nSPS) is 18.1. The van der Waals surface area contributed by atoms with Gasteiger partial charge in [0.25, 0.3) is 0 Å². The van der Waals surface area contributed by atoms with Crippen LogP contribution in [-0.4, -0.2) is 51.2 Å². The molecule has 2 aromatic rings. The van der Waals surface area contributed by atoms with E-state index in [1.807, 2.05) is 0 Å². The van der Waals surface area contributed by atoms with Crippen molar-refractivity contribution in [1.82, 2.24) is 30.8 Å². The Hall–Kier alpha value is -2.81. The fourth-order valence-corrected chi connectivity index (χ4v) is 1.96. The van der Waals surface area contributed by atoms with Crippen LogP contribution in [0.4, 0.5) is 5.69 Å². The van der Waals surface area contributed by atoms with Crippen LogP contribution in [-0.2, 0) is 9.59 Å². The van der Waals surface area contributed by atoms with Crippen molar-refractivity contribution in [3.05, 3.63) is 30.6 Å². The van der Waals surface area contributed by atoms with E-state index < -0.39 is 6.04 Å². The van der Waals surface area contributed by atoms with Crippen molar-refractivity contribution < 1.29 is 9.59 Å². The number of amides is 2. The number of anilines is 1. The maximum absolute atomic E-state index is 12.0. The molecule has 1 aromatic carbocycles. The quantitative estimate of drug-likeness (QED) is 0.646. The molecule has 21 heavy (non-hydrogen) atoms. The molecule has 9 heteroatoms. The van der Waals surface area contributed by atoms with E-state index in [0.29, 0.717) is 5.69 Å². The maximum atomic E-state index is 12.0. The van der Waals surface area contributed by atoms with E-state index >= 15 is 0 Å². The van der Waals surface area contributed by atoms with E-state index in [9.17, 15) is 9.59 Å². The third kappa shape index (κ3) is 3.03. The molecule has 2 heterocycles. The molecule has 2 amide bonds. The summed E-state index contributed by atoms with van der Waals surface area (Å²) in [6, 6.07) is 6.68. The highest BCUT2D eigenvalue weighted by atomic mass is 16.2. The van der Waals surface area contributed by atoms with Crippen LogP contribution in [0.1, 0.15) is 0 Å². The number of hydrogen-bond donors (Lipinski definition) is 3. The summed E-state index contributed by atoms with van der Waals surface area (Å²) in [5.74, 6) is -0.296. The van der Waals surface area contributed by atoms with Crippen molar-refractivity contribution in [3.63, 3.8) is 0 Å². The van der Waals surface area contributed by atoms with Crippen molar-refractivity contribution in [2.45, 2.75) is 6.04 Å². The number of piperazine rings is 1. The minimum Gasteiger partial charge on any atom is -0.353 e. The van der Waals surface area contributed by atoms with Gasteiger partial charge in [-0.1, -0.05) is 0 Å². The van der Waals surface area contributed by atoms with Gasteiger partial charge in [0.1, 0.15) is 12.4 Å². The summed E-state index contributed by atoms with van der Waals surface area (Å²) in [5.41, 5.74) is 1.46. The van der Waals surface area contributed by atoms with Crippen LogP contribution in [0.15, 0.2) is 30.6 Å². The predicted octanol–water partition coefficient (Wildman–Crippen LogP) is -1.31. The number of carbonyl (C=O) groups excluding carboxylic acids is 2. The average Bonchev–Trinajstić information content (AvgIpc) is 3.03. The first-order valence-electron chi connectivity index (χ1n) is 6.37. The van der Waals surface area contributed by atoms with Crippen molar-refractivity contribution >= 4 is 17.5 Å². The molecule has 1 aliphatic rings. The van der Waals surface area contributed by atoms with Gasteiger partial charge in [0, 0.05) is 12.2 Å². The number of aromatic nitrogens is 4. The second-order valence-electron chi connectivity index (χ2n) is 4.53. The number of carbonyl (C=O) groups is 2. The molecule has 3 N–H and O–H groups in total. The van der Waals surface area contributed by atoms with E-state index in [4.69, 9.17) is 0 Å². The zero-order valence-corrected chi connectivity index (χ0v) is 11.0. The van der Waals surface area contributed by atoms with Gasteiger partial charge in [0.15, 0.2) is 0 Å². The van der Waals surface area contributed by atoms with Gasteiger partial charge in [-0.15, -0.1) is 5.10 Å². The molecule has 1 aromatic heterocycles. The molecular weight excluding hydrogens is 274 g/mol. The number of benzene rings is 1. The molecule has 9 nitrogen and oxygen atoms in total.